The molecule has 2 aromatic rings. The number of hydrogen-bond donors (Lipinski definition) is 1. The first-order valence-corrected chi connectivity index (χ1v) is 7.03. The molecule has 0 atom stereocenters. The number of fused-ring (bicyclic) bond motifs is 1. The largest absolute Gasteiger partial charge is 0.489 e. The third kappa shape index (κ3) is 3.04. The number of hydrogen-bond acceptors (Lipinski definition) is 4. The lowest BCUT2D eigenvalue weighted by molar-refractivity contribution is 0.174. The van der Waals surface area contributed by atoms with E-state index in [-0.39, 0.29) is 11.8 Å². The van der Waals surface area contributed by atoms with Gasteiger partial charge in [-0.1, -0.05) is 29.9 Å². The van der Waals surface area contributed by atoms with E-state index >= 15 is 0 Å². The molecule has 2 aromatic carbocycles. The molecule has 2 N–H and O–H groups in total. The summed E-state index contributed by atoms with van der Waals surface area (Å²) in [6.45, 7) is 0.662. The number of benzene rings is 2. The van der Waals surface area contributed by atoms with E-state index in [4.69, 9.17) is 43.8 Å². The SMILES string of the molecule is NC(=S)c1ccc(OCc2ccc3c(c2)OCO3)cc1Cl. The summed E-state index contributed by atoms with van der Waals surface area (Å²) in [5.41, 5.74) is 7.18. The fourth-order valence-corrected chi connectivity index (χ4v) is 2.49. The maximum atomic E-state index is 6.10. The van der Waals surface area contributed by atoms with Crippen molar-refractivity contribution in [1.82, 2.24) is 0 Å². The van der Waals surface area contributed by atoms with Gasteiger partial charge in [0.05, 0.1) is 5.02 Å². The summed E-state index contributed by atoms with van der Waals surface area (Å²) in [7, 11) is 0. The molecule has 3 rings (SSSR count). The first-order valence-electron chi connectivity index (χ1n) is 6.24. The zero-order chi connectivity index (χ0) is 14.8. The van der Waals surface area contributed by atoms with Gasteiger partial charge in [-0.15, -0.1) is 0 Å². The van der Waals surface area contributed by atoms with Crippen molar-refractivity contribution in [2.45, 2.75) is 6.61 Å². The maximum Gasteiger partial charge on any atom is 0.231 e. The van der Waals surface area contributed by atoms with E-state index in [0.717, 1.165) is 17.1 Å². The fraction of sp³-hybridized carbons (Fsp3) is 0.133. The smallest absolute Gasteiger partial charge is 0.231 e. The Bertz CT molecular complexity index is 705. The molecule has 0 radical (unpaired) electrons. The minimum absolute atomic E-state index is 0.260. The summed E-state index contributed by atoms with van der Waals surface area (Å²) in [6.07, 6.45) is 0. The molecule has 1 aliphatic rings. The highest BCUT2D eigenvalue weighted by molar-refractivity contribution is 7.80. The highest BCUT2D eigenvalue weighted by Gasteiger charge is 2.13. The number of halogens is 1. The van der Waals surface area contributed by atoms with Gasteiger partial charge >= 0.3 is 0 Å². The van der Waals surface area contributed by atoms with Crippen LogP contribution in [0.1, 0.15) is 11.1 Å². The van der Waals surface area contributed by atoms with Crippen molar-refractivity contribution < 1.29 is 14.2 Å². The van der Waals surface area contributed by atoms with Gasteiger partial charge in [0.2, 0.25) is 6.79 Å². The highest BCUT2D eigenvalue weighted by atomic mass is 35.5. The molecule has 0 unspecified atom stereocenters. The summed E-state index contributed by atoms with van der Waals surface area (Å²) in [5.74, 6) is 2.14. The third-order valence-corrected chi connectivity index (χ3v) is 3.58. The fourth-order valence-electron chi connectivity index (χ4n) is 1.98. The lowest BCUT2D eigenvalue weighted by Gasteiger charge is -2.09. The minimum atomic E-state index is 0.260. The Labute approximate surface area is 132 Å². The van der Waals surface area contributed by atoms with Gasteiger partial charge in [0.25, 0.3) is 0 Å². The van der Waals surface area contributed by atoms with E-state index in [1.54, 1.807) is 18.2 Å². The molecule has 1 heterocycles. The van der Waals surface area contributed by atoms with Gasteiger partial charge in [-0.05, 0) is 35.9 Å². The number of ether oxygens (including phenoxy) is 3. The van der Waals surface area contributed by atoms with Crippen molar-refractivity contribution in [1.29, 1.82) is 0 Å². The molecule has 0 bridgehead atoms. The standard InChI is InChI=1S/C15H12ClNO3S/c16-12-6-10(2-3-11(12)15(17)21)18-7-9-1-4-13-14(5-9)20-8-19-13/h1-6H,7-8H2,(H2,17,21). The Balaban J connectivity index is 1.70. The molecule has 21 heavy (non-hydrogen) atoms. The molecule has 0 saturated carbocycles. The van der Waals surface area contributed by atoms with E-state index < -0.39 is 0 Å². The van der Waals surface area contributed by atoms with E-state index in [2.05, 4.69) is 0 Å². The monoisotopic (exact) mass is 321 g/mol. The second-order valence-electron chi connectivity index (χ2n) is 4.48. The summed E-state index contributed by atoms with van der Waals surface area (Å²) >= 11 is 11.0. The lowest BCUT2D eigenvalue weighted by Crippen LogP contribution is -2.09. The summed E-state index contributed by atoms with van der Waals surface area (Å²) in [4.78, 5) is 0.266. The Kier molecular flexibility index (Phi) is 3.86. The molecule has 0 saturated heterocycles. The first kappa shape index (κ1) is 14.0. The van der Waals surface area contributed by atoms with Gasteiger partial charge in [-0.2, -0.15) is 0 Å². The van der Waals surface area contributed by atoms with Crippen LogP contribution < -0.4 is 19.9 Å². The van der Waals surface area contributed by atoms with Crippen molar-refractivity contribution >= 4 is 28.8 Å². The van der Waals surface area contributed by atoms with Crippen LogP contribution >= 0.6 is 23.8 Å². The van der Waals surface area contributed by atoms with Crippen molar-refractivity contribution in [2.75, 3.05) is 6.79 Å². The topological polar surface area (TPSA) is 53.7 Å². The van der Waals surface area contributed by atoms with Crippen LogP contribution in [0, 0.1) is 0 Å². The minimum Gasteiger partial charge on any atom is -0.489 e. The normalized spacial score (nSPS) is 12.2. The third-order valence-electron chi connectivity index (χ3n) is 3.05. The molecule has 0 spiro atoms. The van der Waals surface area contributed by atoms with Crippen LogP contribution in [0.25, 0.3) is 0 Å². The van der Waals surface area contributed by atoms with Crippen LogP contribution in [-0.4, -0.2) is 11.8 Å². The molecule has 6 heteroatoms. The number of thiocarbonyl (C=S) groups is 1. The molecular formula is C15H12ClNO3S. The van der Waals surface area contributed by atoms with Gasteiger partial charge in [0.1, 0.15) is 17.3 Å². The Morgan fingerprint density at radius 1 is 1.19 bits per heavy atom. The second-order valence-corrected chi connectivity index (χ2v) is 5.33. The summed E-state index contributed by atoms with van der Waals surface area (Å²) < 4.78 is 16.3. The van der Waals surface area contributed by atoms with E-state index in [9.17, 15) is 0 Å². The molecular weight excluding hydrogens is 310 g/mol. The van der Waals surface area contributed by atoms with Gasteiger partial charge in [0, 0.05) is 5.56 Å². The van der Waals surface area contributed by atoms with E-state index in [1.807, 2.05) is 18.2 Å². The van der Waals surface area contributed by atoms with Crippen molar-refractivity contribution in [2.24, 2.45) is 5.73 Å². The summed E-state index contributed by atoms with van der Waals surface area (Å²) in [5, 5.41) is 0.477. The molecule has 0 amide bonds. The average Bonchev–Trinajstić information content (AvgIpc) is 2.92. The van der Waals surface area contributed by atoms with E-state index in [0.29, 0.717) is 22.9 Å². The van der Waals surface area contributed by atoms with Crippen molar-refractivity contribution in [3.8, 4) is 17.2 Å². The zero-order valence-electron chi connectivity index (χ0n) is 11.0. The van der Waals surface area contributed by atoms with Gasteiger partial charge < -0.3 is 19.9 Å². The molecule has 0 fully saturated rings. The maximum absolute atomic E-state index is 6.10. The van der Waals surface area contributed by atoms with Gasteiger partial charge in [0.15, 0.2) is 11.5 Å². The van der Waals surface area contributed by atoms with Crippen molar-refractivity contribution in [3.63, 3.8) is 0 Å². The van der Waals surface area contributed by atoms with Crippen LogP contribution in [0.3, 0.4) is 0 Å². The zero-order valence-corrected chi connectivity index (χ0v) is 12.5. The van der Waals surface area contributed by atoms with Crippen LogP contribution in [-0.2, 0) is 6.61 Å². The van der Waals surface area contributed by atoms with Gasteiger partial charge in [-0.3, -0.25) is 0 Å². The van der Waals surface area contributed by atoms with E-state index in [1.165, 1.54) is 0 Å². The Hall–Kier alpha value is -1.98. The molecule has 108 valence electrons. The Morgan fingerprint density at radius 2 is 2.00 bits per heavy atom. The average molecular weight is 322 g/mol. The quantitative estimate of drug-likeness (QED) is 0.876. The van der Waals surface area contributed by atoms with Crippen LogP contribution in [0.5, 0.6) is 17.2 Å². The van der Waals surface area contributed by atoms with Crippen LogP contribution in [0.4, 0.5) is 0 Å². The Morgan fingerprint density at radius 3 is 2.76 bits per heavy atom. The second kappa shape index (κ2) is 5.79. The van der Waals surface area contributed by atoms with Gasteiger partial charge in [-0.25, -0.2) is 0 Å². The number of rotatable bonds is 4. The lowest BCUT2D eigenvalue weighted by atomic mass is 10.2. The predicted octanol–water partition coefficient (Wildman–Crippen LogP) is 3.28. The molecule has 0 aliphatic carbocycles. The molecule has 4 nitrogen and oxygen atoms in total. The highest BCUT2D eigenvalue weighted by Crippen LogP contribution is 2.33. The first-order chi connectivity index (χ1) is 10.1. The van der Waals surface area contributed by atoms with Crippen LogP contribution in [0.2, 0.25) is 5.02 Å². The molecule has 0 aromatic heterocycles. The van der Waals surface area contributed by atoms with Crippen LogP contribution in [0.15, 0.2) is 36.4 Å². The van der Waals surface area contributed by atoms with Crippen molar-refractivity contribution in [3.05, 3.63) is 52.5 Å². The number of nitrogens with two attached hydrogens (primary N) is 1. The molecule has 1 aliphatic heterocycles. The summed E-state index contributed by atoms with van der Waals surface area (Å²) in [6, 6.07) is 10.9. The predicted molar refractivity (Wildman–Crippen MR) is 84.2 cm³/mol.